The zero-order chi connectivity index (χ0) is 26.1. The lowest BCUT2D eigenvalue weighted by molar-refractivity contribution is -0.140. The molecule has 0 aliphatic heterocycles. The van der Waals surface area contributed by atoms with E-state index in [1.54, 1.807) is 11.8 Å². The molecule has 6 heteroatoms. The quantitative estimate of drug-likeness (QED) is 0.228. The molecule has 5 nitrogen and oxygen atoms in total. The van der Waals surface area contributed by atoms with E-state index in [-0.39, 0.29) is 0 Å². The third-order valence-electron chi connectivity index (χ3n) is 7.17. The highest BCUT2D eigenvalue weighted by molar-refractivity contribution is 7.99. The third-order valence-corrected chi connectivity index (χ3v) is 8.11. The Bertz CT molecular complexity index is 1590. The van der Waals surface area contributed by atoms with Crippen LogP contribution in [-0.4, -0.2) is 21.2 Å². The van der Waals surface area contributed by atoms with E-state index >= 15 is 0 Å². The predicted octanol–water partition coefficient (Wildman–Crippen LogP) is 7.57. The first-order valence-corrected chi connectivity index (χ1v) is 13.4. The number of aromatic nitrogens is 2. The lowest BCUT2D eigenvalue weighted by atomic mass is 9.93. The Kier molecular flexibility index (Phi) is 6.34. The first kappa shape index (κ1) is 24.2. The highest BCUT2D eigenvalue weighted by Crippen LogP contribution is 2.48. The smallest absolute Gasteiger partial charge is 0.314 e. The van der Waals surface area contributed by atoms with Crippen molar-refractivity contribution in [1.29, 1.82) is 0 Å². The van der Waals surface area contributed by atoms with Crippen LogP contribution in [0.3, 0.4) is 0 Å². The second-order valence-electron chi connectivity index (χ2n) is 9.68. The van der Waals surface area contributed by atoms with Crippen LogP contribution in [0, 0.1) is 6.92 Å². The Morgan fingerprint density at radius 2 is 1.53 bits per heavy atom. The molecule has 1 fully saturated rings. The van der Waals surface area contributed by atoms with Crippen LogP contribution in [-0.2, 0) is 16.6 Å². The lowest BCUT2D eigenvalue weighted by Crippen LogP contribution is -2.19. The molecule has 188 valence electrons. The minimum Gasteiger partial charge on any atom is -0.481 e. The highest BCUT2D eigenvalue weighted by Gasteiger charge is 2.51. The summed E-state index contributed by atoms with van der Waals surface area (Å²) in [5.41, 5.74) is 6.11. The highest BCUT2D eigenvalue weighted by atomic mass is 32.2. The van der Waals surface area contributed by atoms with Gasteiger partial charge in [-0.3, -0.25) is 4.79 Å². The number of nitrogens with zero attached hydrogens (tertiary/aromatic N) is 2. The molecule has 0 spiro atoms. The van der Waals surface area contributed by atoms with Gasteiger partial charge in [0.1, 0.15) is 5.03 Å². The molecule has 0 atom stereocenters. The van der Waals surface area contributed by atoms with Crippen molar-refractivity contribution in [3.05, 3.63) is 120 Å². The van der Waals surface area contributed by atoms with Crippen molar-refractivity contribution in [1.82, 2.24) is 10.1 Å². The van der Waals surface area contributed by atoms with Crippen LogP contribution in [0.2, 0.25) is 0 Å². The van der Waals surface area contributed by atoms with Gasteiger partial charge in [-0.15, -0.1) is 0 Å². The monoisotopic (exact) mass is 518 g/mol. The van der Waals surface area contributed by atoms with Gasteiger partial charge < -0.3 is 9.63 Å². The van der Waals surface area contributed by atoms with E-state index in [4.69, 9.17) is 9.51 Å². The molecule has 2 heterocycles. The van der Waals surface area contributed by atoms with Gasteiger partial charge in [-0.1, -0.05) is 89.7 Å². The molecule has 0 bridgehead atoms. The van der Waals surface area contributed by atoms with Gasteiger partial charge in [0, 0.05) is 28.1 Å². The second kappa shape index (κ2) is 9.95. The van der Waals surface area contributed by atoms with Crippen LogP contribution < -0.4 is 0 Å². The fourth-order valence-corrected chi connectivity index (χ4v) is 5.62. The molecule has 0 amide bonds. The van der Waals surface area contributed by atoms with Crippen molar-refractivity contribution in [2.45, 2.75) is 41.5 Å². The molecule has 2 aromatic heterocycles. The average Bonchev–Trinajstić information content (AvgIpc) is 3.69. The van der Waals surface area contributed by atoms with Crippen LogP contribution >= 0.6 is 11.8 Å². The molecule has 5 aromatic rings. The van der Waals surface area contributed by atoms with Crippen molar-refractivity contribution in [3.63, 3.8) is 0 Å². The van der Waals surface area contributed by atoms with Crippen molar-refractivity contribution in [2.75, 3.05) is 0 Å². The minimum atomic E-state index is -0.732. The van der Waals surface area contributed by atoms with E-state index < -0.39 is 11.4 Å². The summed E-state index contributed by atoms with van der Waals surface area (Å²) in [6.45, 7) is 1.96. The Morgan fingerprint density at radius 1 is 0.868 bits per heavy atom. The summed E-state index contributed by atoms with van der Waals surface area (Å²) in [6, 6.07) is 32.4. The fraction of sp³-hybridized carbons (Fsp3) is 0.156. The number of hydrogen-bond acceptors (Lipinski definition) is 5. The molecule has 38 heavy (non-hydrogen) atoms. The Balaban J connectivity index is 1.21. The molecular formula is C32H26N2O3S. The topological polar surface area (TPSA) is 76.2 Å². The van der Waals surface area contributed by atoms with Gasteiger partial charge in [-0.05, 0) is 60.7 Å². The maximum Gasteiger partial charge on any atom is 0.314 e. The number of pyridine rings is 1. The Hall–Kier alpha value is -4.16. The molecule has 1 saturated carbocycles. The summed E-state index contributed by atoms with van der Waals surface area (Å²) in [6.07, 6.45) is 2.05. The summed E-state index contributed by atoms with van der Waals surface area (Å²) in [5.74, 6) is 0.0223. The number of carboxylic acids is 1. The van der Waals surface area contributed by atoms with E-state index in [1.807, 2.05) is 79.7 Å². The van der Waals surface area contributed by atoms with Gasteiger partial charge >= 0.3 is 5.97 Å². The average molecular weight is 519 g/mol. The fourth-order valence-electron chi connectivity index (χ4n) is 4.77. The van der Waals surface area contributed by atoms with Crippen molar-refractivity contribution in [3.8, 4) is 22.5 Å². The molecule has 3 aromatic carbocycles. The summed E-state index contributed by atoms with van der Waals surface area (Å²) < 4.78 is 5.77. The molecular weight excluding hydrogens is 492 g/mol. The van der Waals surface area contributed by atoms with Crippen LogP contribution in [0.15, 0.2) is 112 Å². The normalized spacial score (nSPS) is 13.8. The maximum absolute atomic E-state index is 11.6. The van der Waals surface area contributed by atoms with Gasteiger partial charge in [0.25, 0.3) is 0 Å². The Morgan fingerprint density at radius 3 is 2.18 bits per heavy atom. The zero-order valence-electron chi connectivity index (χ0n) is 20.9. The summed E-state index contributed by atoms with van der Waals surface area (Å²) >= 11 is 1.65. The molecule has 1 N–H and O–H groups in total. The van der Waals surface area contributed by atoms with E-state index in [9.17, 15) is 9.90 Å². The molecule has 0 unspecified atom stereocenters. The predicted molar refractivity (Wildman–Crippen MR) is 148 cm³/mol. The first-order chi connectivity index (χ1) is 18.5. The molecule has 1 aliphatic carbocycles. The van der Waals surface area contributed by atoms with E-state index in [0.29, 0.717) is 19.3 Å². The number of aryl methyl sites for hydroxylation is 1. The number of aliphatic carboxylic acids is 1. The van der Waals surface area contributed by atoms with Crippen molar-refractivity contribution >= 4 is 17.7 Å². The number of benzene rings is 3. The molecule has 1 aliphatic rings. The Labute approximate surface area is 225 Å². The van der Waals surface area contributed by atoms with Crippen LogP contribution in [0.5, 0.6) is 0 Å². The second-order valence-corrected chi connectivity index (χ2v) is 10.8. The van der Waals surface area contributed by atoms with Crippen molar-refractivity contribution < 1.29 is 14.4 Å². The number of rotatable bonds is 8. The molecule has 0 radical (unpaired) electrons. The van der Waals surface area contributed by atoms with Crippen LogP contribution in [0.25, 0.3) is 22.5 Å². The number of hydrogen-bond donors (Lipinski definition) is 1. The van der Waals surface area contributed by atoms with Gasteiger partial charge in [0.05, 0.1) is 11.1 Å². The SMILES string of the molecule is Cc1noc(-c2ccc(-c3ccc(C4(C(=O)O)CC4)cc3)cc2)c1Cc1cccc(Sc2ccccc2)n1. The lowest BCUT2D eigenvalue weighted by Gasteiger charge is -2.11. The maximum atomic E-state index is 11.6. The summed E-state index contributed by atoms with van der Waals surface area (Å²) in [7, 11) is 0. The third kappa shape index (κ3) is 4.75. The van der Waals surface area contributed by atoms with Gasteiger partial charge in [0.2, 0.25) is 0 Å². The van der Waals surface area contributed by atoms with E-state index in [0.717, 1.165) is 54.9 Å². The van der Waals surface area contributed by atoms with Crippen molar-refractivity contribution in [2.24, 2.45) is 0 Å². The van der Waals surface area contributed by atoms with Crippen LogP contribution in [0.1, 0.15) is 35.4 Å². The zero-order valence-corrected chi connectivity index (χ0v) is 21.7. The van der Waals surface area contributed by atoms with Gasteiger partial charge in [0.15, 0.2) is 5.76 Å². The van der Waals surface area contributed by atoms with E-state index in [2.05, 4.69) is 29.4 Å². The standard InChI is InChI=1S/C32H26N2O3S/c1-21-28(20-26-6-5-9-29(33-26)38-27-7-3-2-4-8-27)30(37-34-21)24-12-10-22(11-13-24)23-14-16-25(17-15-23)32(18-19-32)31(35)36/h2-17H,18-20H2,1H3,(H,35,36). The molecule has 0 saturated heterocycles. The molecule has 6 rings (SSSR count). The van der Waals surface area contributed by atoms with E-state index in [1.165, 1.54) is 0 Å². The summed E-state index contributed by atoms with van der Waals surface area (Å²) in [4.78, 5) is 17.7. The van der Waals surface area contributed by atoms with Crippen LogP contribution in [0.4, 0.5) is 0 Å². The first-order valence-electron chi connectivity index (χ1n) is 12.6. The number of carbonyl (C=O) groups is 1. The number of carboxylic acid groups (broad SMARTS) is 1. The summed E-state index contributed by atoms with van der Waals surface area (Å²) in [5, 5.41) is 14.8. The minimum absolute atomic E-state index is 0.627. The largest absolute Gasteiger partial charge is 0.481 e. The van der Waals surface area contributed by atoms with Gasteiger partial charge in [-0.2, -0.15) is 0 Å². The van der Waals surface area contributed by atoms with Gasteiger partial charge in [-0.25, -0.2) is 4.98 Å².